The van der Waals surface area contributed by atoms with Crippen LogP contribution in [-0.4, -0.2) is 37.0 Å². The van der Waals surface area contributed by atoms with E-state index in [0.29, 0.717) is 31.4 Å². The Morgan fingerprint density at radius 3 is 2.14 bits per heavy atom. The minimum Gasteiger partial charge on any atom is -0.370 e. The second-order valence-corrected chi connectivity index (χ2v) is 8.92. The molecule has 0 radical (unpaired) electrons. The lowest BCUT2D eigenvalue weighted by atomic mass is 10.0. The molecule has 1 atom stereocenters. The fourth-order valence-corrected chi connectivity index (χ4v) is 3.80. The summed E-state index contributed by atoms with van der Waals surface area (Å²) in [6.07, 6.45) is 1.74. The Morgan fingerprint density at radius 2 is 1.49 bits per heavy atom. The van der Waals surface area contributed by atoms with Crippen LogP contribution in [0, 0.1) is 0 Å². The average Bonchev–Trinajstić information content (AvgIpc) is 2.86. The van der Waals surface area contributed by atoms with Crippen LogP contribution >= 0.6 is 0 Å². The monoisotopic (exact) mass is 471 g/mol. The van der Waals surface area contributed by atoms with Gasteiger partial charge >= 0.3 is 0 Å². The highest BCUT2D eigenvalue weighted by Crippen LogP contribution is 2.21. The molecule has 3 rings (SSSR count). The standard InChI is InChI=1S/C29H37N5O/c1-22(2)31-19-20-32-28(35)18-17-27(21-23-9-5-3-6-10-23)34-29(30)33-26-15-13-25(14-16-26)24-11-7-4-8-12-24/h3-16,22,27,31H,17-21H2,1-2H3,(H,32,35)(H3,30,33,34)/t27-/m1/s1. The molecule has 0 aliphatic carbocycles. The predicted octanol–water partition coefficient (Wildman–Crippen LogP) is 4.59. The number of hydrogen-bond acceptors (Lipinski definition) is 3. The summed E-state index contributed by atoms with van der Waals surface area (Å²) < 4.78 is 0. The molecule has 0 aromatic heterocycles. The molecule has 6 heteroatoms. The van der Waals surface area contributed by atoms with E-state index in [1.807, 2.05) is 48.5 Å². The van der Waals surface area contributed by atoms with Gasteiger partial charge in [0.15, 0.2) is 5.96 Å². The zero-order valence-corrected chi connectivity index (χ0v) is 20.7. The Morgan fingerprint density at radius 1 is 0.857 bits per heavy atom. The van der Waals surface area contributed by atoms with E-state index in [9.17, 15) is 4.79 Å². The van der Waals surface area contributed by atoms with Crippen LogP contribution < -0.4 is 21.7 Å². The summed E-state index contributed by atoms with van der Waals surface area (Å²) in [4.78, 5) is 17.1. The minimum atomic E-state index is -0.104. The Labute approximate surface area is 209 Å². The predicted molar refractivity (Wildman–Crippen MR) is 146 cm³/mol. The molecule has 5 N–H and O–H groups in total. The van der Waals surface area contributed by atoms with Gasteiger partial charge < -0.3 is 21.7 Å². The summed E-state index contributed by atoms with van der Waals surface area (Å²) in [7, 11) is 0. The molecule has 3 aromatic carbocycles. The Kier molecular flexibility index (Phi) is 10.3. The Bertz CT molecular complexity index is 1050. The third-order valence-electron chi connectivity index (χ3n) is 5.60. The summed E-state index contributed by atoms with van der Waals surface area (Å²) in [5.74, 6) is 0.381. The molecule has 0 fully saturated rings. The van der Waals surface area contributed by atoms with Crippen molar-refractivity contribution >= 4 is 17.6 Å². The van der Waals surface area contributed by atoms with Crippen molar-refractivity contribution in [2.24, 2.45) is 10.7 Å². The number of carbonyl (C=O) groups excluding carboxylic acids is 1. The zero-order chi connectivity index (χ0) is 24.9. The molecule has 0 spiro atoms. The van der Waals surface area contributed by atoms with E-state index in [1.54, 1.807) is 0 Å². The first-order valence-corrected chi connectivity index (χ1v) is 12.3. The first kappa shape index (κ1) is 26.0. The summed E-state index contributed by atoms with van der Waals surface area (Å²) in [6.45, 7) is 5.55. The van der Waals surface area contributed by atoms with Crippen LogP contribution in [0.3, 0.4) is 0 Å². The first-order chi connectivity index (χ1) is 17.0. The zero-order valence-electron chi connectivity index (χ0n) is 20.7. The van der Waals surface area contributed by atoms with E-state index in [2.05, 4.69) is 66.2 Å². The van der Waals surface area contributed by atoms with Crippen LogP contribution in [0.1, 0.15) is 32.3 Å². The second kappa shape index (κ2) is 13.9. The molecule has 0 saturated heterocycles. The number of hydrogen-bond donors (Lipinski definition) is 4. The summed E-state index contributed by atoms with van der Waals surface area (Å²) in [5.41, 5.74) is 10.6. The van der Waals surface area contributed by atoms with Gasteiger partial charge in [-0.3, -0.25) is 4.79 Å². The van der Waals surface area contributed by atoms with E-state index in [1.165, 1.54) is 11.1 Å². The maximum Gasteiger partial charge on any atom is 0.220 e. The van der Waals surface area contributed by atoms with Gasteiger partial charge in [-0.05, 0) is 41.7 Å². The first-order valence-electron chi connectivity index (χ1n) is 12.3. The number of carbonyl (C=O) groups is 1. The lowest BCUT2D eigenvalue weighted by molar-refractivity contribution is -0.121. The maximum atomic E-state index is 12.3. The molecule has 0 unspecified atom stereocenters. The number of rotatable bonds is 12. The molecule has 0 heterocycles. The number of nitrogens with one attached hydrogen (secondary N) is 3. The van der Waals surface area contributed by atoms with Crippen LogP contribution in [0.25, 0.3) is 11.1 Å². The minimum absolute atomic E-state index is 0.0341. The summed E-state index contributed by atoms with van der Waals surface area (Å²) in [5, 5.41) is 9.47. The van der Waals surface area contributed by atoms with Crippen LogP contribution in [-0.2, 0) is 11.2 Å². The maximum absolute atomic E-state index is 12.3. The van der Waals surface area contributed by atoms with Crippen LogP contribution in [0.15, 0.2) is 89.9 Å². The van der Waals surface area contributed by atoms with Crippen LogP contribution in [0.5, 0.6) is 0 Å². The largest absolute Gasteiger partial charge is 0.370 e. The van der Waals surface area contributed by atoms with Gasteiger partial charge in [-0.2, -0.15) is 0 Å². The number of nitrogens with zero attached hydrogens (tertiary/aromatic N) is 1. The number of guanidine groups is 1. The van der Waals surface area contributed by atoms with Gasteiger partial charge in [0.1, 0.15) is 0 Å². The molecule has 184 valence electrons. The lowest BCUT2D eigenvalue weighted by Crippen LogP contribution is -2.35. The fourth-order valence-electron chi connectivity index (χ4n) is 3.80. The van der Waals surface area contributed by atoms with Crippen molar-refractivity contribution in [3.05, 3.63) is 90.5 Å². The van der Waals surface area contributed by atoms with E-state index >= 15 is 0 Å². The third kappa shape index (κ3) is 9.63. The lowest BCUT2D eigenvalue weighted by Gasteiger charge is -2.15. The number of benzene rings is 3. The van der Waals surface area contributed by atoms with Crippen LogP contribution in [0.4, 0.5) is 5.69 Å². The van der Waals surface area contributed by atoms with Gasteiger partial charge in [0, 0.05) is 31.2 Å². The molecule has 0 saturated carbocycles. The third-order valence-corrected chi connectivity index (χ3v) is 5.60. The molecular formula is C29H37N5O. The van der Waals surface area contributed by atoms with Gasteiger partial charge in [-0.1, -0.05) is 86.6 Å². The second-order valence-electron chi connectivity index (χ2n) is 8.92. The smallest absolute Gasteiger partial charge is 0.220 e. The summed E-state index contributed by atoms with van der Waals surface area (Å²) >= 11 is 0. The van der Waals surface area contributed by atoms with E-state index in [-0.39, 0.29) is 11.9 Å². The van der Waals surface area contributed by atoms with Crippen molar-refractivity contribution in [3.63, 3.8) is 0 Å². The highest BCUT2D eigenvalue weighted by atomic mass is 16.1. The van der Waals surface area contributed by atoms with Crippen molar-refractivity contribution in [1.82, 2.24) is 10.6 Å². The van der Waals surface area contributed by atoms with E-state index in [4.69, 9.17) is 10.7 Å². The molecule has 6 nitrogen and oxygen atoms in total. The highest BCUT2D eigenvalue weighted by molar-refractivity contribution is 5.92. The Balaban J connectivity index is 1.59. The van der Waals surface area contributed by atoms with Gasteiger partial charge in [0.25, 0.3) is 0 Å². The van der Waals surface area contributed by atoms with Crippen molar-refractivity contribution in [3.8, 4) is 11.1 Å². The molecule has 1 amide bonds. The molecule has 0 aliphatic rings. The van der Waals surface area contributed by atoms with Gasteiger partial charge in [0.05, 0.1) is 6.04 Å². The van der Waals surface area contributed by atoms with Gasteiger partial charge in [-0.15, -0.1) is 0 Å². The van der Waals surface area contributed by atoms with E-state index in [0.717, 1.165) is 24.2 Å². The molecule has 3 aromatic rings. The van der Waals surface area contributed by atoms with Crippen LogP contribution in [0.2, 0.25) is 0 Å². The topological polar surface area (TPSA) is 91.5 Å². The number of amides is 1. The average molecular weight is 472 g/mol. The normalized spacial score (nSPS) is 12.4. The highest BCUT2D eigenvalue weighted by Gasteiger charge is 2.12. The van der Waals surface area contributed by atoms with Gasteiger partial charge in [-0.25, -0.2) is 4.99 Å². The van der Waals surface area contributed by atoms with Gasteiger partial charge in [0.2, 0.25) is 5.91 Å². The van der Waals surface area contributed by atoms with Crippen molar-refractivity contribution < 1.29 is 4.79 Å². The number of aliphatic imine (C=N–C) groups is 1. The molecular weight excluding hydrogens is 434 g/mol. The fraction of sp³-hybridized carbons (Fsp3) is 0.310. The number of anilines is 1. The quantitative estimate of drug-likeness (QED) is 0.177. The molecule has 35 heavy (non-hydrogen) atoms. The molecule has 0 bridgehead atoms. The van der Waals surface area contributed by atoms with Crippen molar-refractivity contribution in [2.75, 3.05) is 18.4 Å². The van der Waals surface area contributed by atoms with Crippen molar-refractivity contribution in [1.29, 1.82) is 0 Å². The Hall–Kier alpha value is -3.64. The summed E-state index contributed by atoms with van der Waals surface area (Å²) in [6, 6.07) is 28.8. The SMILES string of the molecule is CC(C)NCCNC(=O)CC[C@H](Cc1ccccc1)N=C(N)Nc1ccc(-c2ccccc2)cc1. The van der Waals surface area contributed by atoms with E-state index < -0.39 is 0 Å². The molecule has 0 aliphatic heterocycles. The van der Waals surface area contributed by atoms with Crippen molar-refractivity contribution in [2.45, 2.75) is 45.2 Å². The number of nitrogens with two attached hydrogens (primary N) is 1.